The van der Waals surface area contributed by atoms with Crippen LogP contribution in [-0.4, -0.2) is 20.6 Å². The van der Waals surface area contributed by atoms with Gasteiger partial charge in [0, 0.05) is 13.5 Å². The van der Waals surface area contributed by atoms with Crippen molar-refractivity contribution < 1.29 is 9.90 Å². The Hall–Kier alpha value is -3.46. The molecule has 0 spiro atoms. The summed E-state index contributed by atoms with van der Waals surface area (Å²) in [6.45, 7) is 0. The lowest BCUT2D eigenvalue weighted by Gasteiger charge is -2.13. The van der Waals surface area contributed by atoms with Crippen molar-refractivity contribution in [2.45, 2.75) is 24.7 Å². The first-order chi connectivity index (χ1) is 12.9. The van der Waals surface area contributed by atoms with Crippen LogP contribution in [0.3, 0.4) is 0 Å². The first-order valence-electron chi connectivity index (χ1n) is 8.67. The SMILES string of the molecule is Cn1c(=O)c(Cc2ccc(C#N)cc2)nc2cc(C3(C(=O)O)CC3)ccc21. The highest BCUT2D eigenvalue weighted by Gasteiger charge is 2.51. The third kappa shape index (κ3) is 2.77. The number of carboxylic acids is 1. The van der Waals surface area contributed by atoms with Gasteiger partial charge in [0.15, 0.2) is 0 Å². The van der Waals surface area contributed by atoms with Gasteiger partial charge in [-0.3, -0.25) is 9.59 Å². The van der Waals surface area contributed by atoms with Crippen LogP contribution in [0.2, 0.25) is 0 Å². The van der Waals surface area contributed by atoms with Crippen LogP contribution in [0, 0.1) is 11.3 Å². The van der Waals surface area contributed by atoms with Crippen molar-refractivity contribution in [2.24, 2.45) is 7.05 Å². The molecule has 1 saturated carbocycles. The van der Waals surface area contributed by atoms with Crippen LogP contribution in [0.1, 0.15) is 35.2 Å². The number of rotatable bonds is 4. The summed E-state index contributed by atoms with van der Waals surface area (Å²) in [4.78, 5) is 28.8. The first-order valence-corrected chi connectivity index (χ1v) is 8.67. The maximum absolute atomic E-state index is 12.7. The molecule has 1 aliphatic carbocycles. The molecular weight excluding hydrogens is 342 g/mol. The zero-order chi connectivity index (χ0) is 19.2. The zero-order valence-corrected chi connectivity index (χ0v) is 14.8. The molecule has 1 N–H and O–H groups in total. The average molecular weight is 359 g/mol. The molecule has 0 radical (unpaired) electrons. The maximum Gasteiger partial charge on any atom is 0.314 e. The zero-order valence-electron chi connectivity index (χ0n) is 14.8. The van der Waals surface area contributed by atoms with Gasteiger partial charge in [-0.25, -0.2) is 4.98 Å². The van der Waals surface area contributed by atoms with E-state index in [1.807, 2.05) is 12.1 Å². The second kappa shape index (κ2) is 6.06. The highest BCUT2D eigenvalue weighted by atomic mass is 16.4. The summed E-state index contributed by atoms with van der Waals surface area (Å²) in [5.41, 5.74) is 2.88. The van der Waals surface area contributed by atoms with Crippen molar-refractivity contribution in [2.75, 3.05) is 0 Å². The van der Waals surface area contributed by atoms with Gasteiger partial charge in [-0.1, -0.05) is 18.2 Å². The Morgan fingerprint density at radius 2 is 1.96 bits per heavy atom. The minimum atomic E-state index is -0.815. The van der Waals surface area contributed by atoms with Crippen LogP contribution in [0.5, 0.6) is 0 Å². The standard InChI is InChI=1S/C21H17N3O3/c1-24-18-7-6-15(21(8-9-21)20(26)27)11-16(18)23-17(19(24)25)10-13-2-4-14(12-22)5-3-13/h2-7,11H,8-10H2,1H3,(H,26,27). The summed E-state index contributed by atoms with van der Waals surface area (Å²) in [6, 6.07) is 14.5. The Morgan fingerprint density at radius 1 is 1.26 bits per heavy atom. The molecule has 134 valence electrons. The molecule has 0 unspecified atom stereocenters. The summed E-state index contributed by atoms with van der Waals surface area (Å²) >= 11 is 0. The van der Waals surface area contributed by atoms with Crippen LogP contribution in [0.4, 0.5) is 0 Å². The van der Waals surface area contributed by atoms with Crippen LogP contribution < -0.4 is 5.56 Å². The molecule has 0 atom stereocenters. The first kappa shape index (κ1) is 17.0. The fraction of sp³-hybridized carbons (Fsp3) is 0.238. The van der Waals surface area contributed by atoms with Crippen LogP contribution in [0.25, 0.3) is 11.0 Å². The fourth-order valence-electron chi connectivity index (χ4n) is 3.45. The molecule has 3 aromatic rings. The van der Waals surface area contributed by atoms with Crippen molar-refractivity contribution in [1.82, 2.24) is 9.55 Å². The quantitative estimate of drug-likeness (QED) is 0.772. The van der Waals surface area contributed by atoms with Gasteiger partial charge in [0.1, 0.15) is 5.69 Å². The molecule has 27 heavy (non-hydrogen) atoms. The Morgan fingerprint density at radius 3 is 2.56 bits per heavy atom. The molecular formula is C21H17N3O3. The highest BCUT2D eigenvalue weighted by molar-refractivity contribution is 5.87. The van der Waals surface area contributed by atoms with Crippen molar-refractivity contribution >= 4 is 17.0 Å². The van der Waals surface area contributed by atoms with E-state index in [2.05, 4.69) is 11.1 Å². The van der Waals surface area contributed by atoms with E-state index >= 15 is 0 Å². The fourth-order valence-corrected chi connectivity index (χ4v) is 3.45. The number of benzene rings is 2. The molecule has 6 heteroatoms. The number of nitrogens with zero attached hydrogens (tertiary/aromatic N) is 3. The second-order valence-electron chi connectivity index (χ2n) is 7.00. The molecule has 4 rings (SSSR count). The largest absolute Gasteiger partial charge is 0.481 e. The maximum atomic E-state index is 12.7. The van der Waals surface area contributed by atoms with Crippen molar-refractivity contribution in [3.8, 4) is 6.07 Å². The predicted octanol–water partition coefficient (Wildman–Crippen LogP) is 2.51. The predicted molar refractivity (Wildman–Crippen MR) is 99.5 cm³/mol. The van der Waals surface area contributed by atoms with E-state index in [-0.39, 0.29) is 5.56 Å². The summed E-state index contributed by atoms with van der Waals surface area (Å²) in [5, 5.41) is 18.4. The topological polar surface area (TPSA) is 96.0 Å². The van der Waals surface area contributed by atoms with Crippen LogP contribution in [-0.2, 0) is 23.7 Å². The summed E-state index contributed by atoms with van der Waals surface area (Å²) < 4.78 is 1.55. The highest BCUT2D eigenvalue weighted by Crippen LogP contribution is 2.48. The summed E-state index contributed by atoms with van der Waals surface area (Å²) in [6.07, 6.45) is 1.60. The van der Waals surface area contributed by atoms with E-state index in [1.165, 1.54) is 0 Å². The number of aryl methyl sites for hydroxylation is 1. The summed E-state index contributed by atoms with van der Waals surface area (Å²) in [5.74, 6) is -0.815. The minimum absolute atomic E-state index is 0.182. The lowest BCUT2D eigenvalue weighted by molar-refractivity contribution is -0.140. The Labute approximate surface area is 155 Å². The Kier molecular flexibility index (Phi) is 3.81. The Bertz CT molecular complexity index is 1170. The number of aromatic nitrogens is 2. The number of aliphatic carboxylic acids is 1. The molecule has 0 saturated heterocycles. The number of hydrogen-bond acceptors (Lipinski definition) is 4. The molecule has 0 aliphatic heterocycles. The van der Waals surface area contributed by atoms with Crippen molar-refractivity contribution in [1.29, 1.82) is 5.26 Å². The second-order valence-corrected chi connectivity index (χ2v) is 7.00. The third-order valence-electron chi connectivity index (χ3n) is 5.31. The third-order valence-corrected chi connectivity index (χ3v) is 5.31. The van der Waals surface area contributed by atoms with E-state index in [0.717, 1.165) is 11.1 Å². The average Bonchev–Trinajstić information content (AvgIpc) is 3.48. The lowest BCUT2D eigenvalue weighted by Crippen LogP contribution is -2.24. The number of carboxylic acid groups (broad SMARTS) is 1. The monoisotopic (exact) mass is 359 g/mol. The van der Waals surface area contributed by atoms with Crippen LogP contribution >= 0.6 is 0 Å². The van der Waals surface area contributed by atoms with Gasteiger partial charge in [-0.15, -0.1) is 0 Å². The van der Waals surface area contributed by atoms with E-state index < -0.39 is 11.4 Å². The van der Waals surface area contributed by atoms with Gasteiger partial charge in [0.05, 0.1) is 28.1 Å². The van der Waals surface area contributed by atoms with E-state index in [4.69, 9.17) is 5.26 Å². The van der Waals surface area contributed by atoms with Gasteiger partial charge in [0.25, 0.3) is 5.56 Å². The van der Waals surface area contributed by atoms with Crippen molar-refractivity contribution in [3.63, 3.8) is 0 Å². The molecule has 0 amide bonds. The molecule has 1 aromatic heterocycles. The lowest BCUT2D eigenvalue weighted by atomic mass is 9.95. The molecule has 1 aliphatic rings. The molecule has 6 nitrogen and oxygen atoms in total. The van der Waals surface area contributed by atoms with Gasteiger partial charge >= 0.3 is 5.97 Å². The van der Waals surface area contributed by atoms with E-state index in [0.29, 0.717) is 41.6 Å². The normalized spacial score (nSPS) is 14.7. The summed E-state index contributed by atoms with van der Waals surface area (Å²) in [7, 11) is 1.69. The number of carbonyl (C=O) groups is 1. The smallest absolute Gasteiger partial charge is 0.314 e. The molecule has 1 fully saturated rings. The number of nitriles is 1. The minimum Gasteiger partial charge on any atom is -0.481 e. The van der Waals surface area contributed by atoms with Gasteiger partial charge < -0.3 is 9.67 Å². The Balaban J connectivity index is 1.79. The van der Waals surface area contributed by atoms with E-state index in [1.54, 1.807) is 41.9 Å². The van der Waals surface area contributed by atoms with E-state index in [9.17, 15) is 14.7 Å². The molecule has 0 bridgehead atoms. The van der Waals surface area contributed by atoms with Gasteiger partial charge in [-0.2, -0.15) is 5.26 Å². The number of hydrogen-bond donors (Lipinski definition) is 1. The molecule has 1 heterocycles. The van der Waals surface area contributed by atoms with Crippen molar-refractivity contribution in [3.05, 3.63) is 75.2 Å². The van der Waals surface area contributed by atoms with Gasteiger partial charge in [0.2, 0.25) is 0 Å². The molecule has 2 aromatic carbocycles. The van der Waals surface area contributed by atoms with Gasteiger partial charge in [-0.05, 0) is 48.2 Å². The number of fused-ring (bicyclic) bond motifs is 1. The van der Waals surface area contributed by atoms with Crippen LogP contribution in [0.15, 0.2) is 47.3 Å².